The summed E-state index contributed by atoms with van der Waals surface area (Å²) in [5, 5.41) is 10.2. The van der Waals surface area contributed by atoms with Gasteiger partial charge in [0, 0.05) is 6.07 Å². The van der Waals surface area contributed by atoms with Crippen LogP contribution in [0.1, 0.15) is 10.4 Å². The summed E-state index contributed by atoms with van der Waals surface area (Å²) in [7, 11) is 0. The Morgan fingerprint density at radius 3 is 2.69 bits per heavy atom. The molecule has 1 amide bonds. The smallest absolute Gasteiger partial charge is 0.390 e. The zero-order chi connectivity index (χ0) is 9.59. The highest BCUT2D eigenvalue weighted by Crippen LogP contribution is 2.17. The number of Topliss-reactive ketones (excluding diaryl/α,β-unsaturated/α-hetero) is 1. The topological polar surface area (TPSA) is 61.6 Å². The number of fused-ring (bicyclic) bond motifs is 1. The number of hydrogen-bond acceptors (Lipinski definition) is 3. The zero-order valence-corrected chi connectivity index (χ0v) is 6.33. The second-order valence-corrected chi connectivity index (χ2v) is 2.68. The molecule has 1 aliphatic heterocycles. The van der Waals surface area contributed by atoms with Crippen molar-refractivity contribution in [2.75, 3.05) is 0 Å². The predicted octanol–water partition coefficient (Wildman–Crippen LogP) is -0.437. The van der Waals surface area contributed by atoms with Crippen molar-refractivity contribution < 1.29 is 19.0 Å². The largest absolute Gasteiger partial charge is 0.621 e. The van der Waals surface area contributed by atoms with Gasteiger partial charge in [0.1, 0.15) is 5.82 Å². The minimum Gasteiger partial charge on any atom is -0.621 e. The Kier molecular flexibility index (Phi) is 1.51. The van der Waals surface area contributed by atoms with Crippen molar-refractivity contribution in [2.24, 2.45) is 0 Å². The van der Waals surface area contributed by atoms with Gasteiger partial charge in [-0.3, -0.25) is 9.86 Å². The molecule has 1 aliphatic rings. The molecule has 1 heterocycles. The Balaban J connectivity index is 2.67. The van der Waals surface area contributed by atoms with E-state index in [0.717, 1.165) is 18.2 Å². The SMILES string of the molecule is O=C1C(=O)[NH+]([O-])c2ccc(F)cc21. The van der Waals surface area contributed by atoms with Gasteiger partial charge < -0.3 is 5.21 Å². The zero-order valence-electron chi connectivity index (χ0n) is 6.33. The van der Waals surface area contributed by atoms with Crippen LogP contribution in [0.5, 0.6) is 0 Å². The second kappa shape index (κ2) is 2.45. The third kappa shape index (κ3) is 0.980. The number of rotatable bonds is 0. The third-order valence-corrected chi connectivity index (χ3v) is 1.88. The van der Waals surface area contributed by atoms with E-state index in [9.17, 15) is 19.2 Å². The second-order valence-electron chi connectivity index (χ2n) is 2.68. The standard InChI is InChI=1S/C8H4FNO3/c9-4-1-2-6-5(3-4)7(11)8(12)10(6)13/h1-3,10H. The van der Waals surface area contributed by atoms with Crippen molar-refractivity contribution in [3.63, 3.8) is 0 Å². The number of hydroxylamine groups is 1. The summed E-state index contributed by atoms with van der Waals surface area (Å²) in [5.41, 5.74) is -0.133. The minimum absolute atomic E-state index is 0.00333. The van der Waals surface area contributed by atoms with Crippen molar-refractivity contribution in [1.82, 2.24) is 0 Å². The predicted molar refractivity (Wildman–Crippen MR) is 39.7 cm³/mol. The highest BCUT2D eigenvalue weighted by Gasteiger charge is 2.37. The van der Waals surface area contributed by atoms with Crippen molar-refractivity contribution in [2.45, 2.75) is 0 Å². The summed E-state index contributed by atoms with van der Waals surface area (Å²) < 4.78 is 12.6. The van der Waals surface area contributed by atoms with Gasteiger partial charge in [-0.1, -0.05) is 0 Å². The molecule has 1 atom stereocenters. The van der Waals surface area contributed by atoms with Gasteiger partial charge in [0.25, 0.3) is 5.78 Å². The number of ketones is 1. The fourth-order valence-electron chi connectivity index (χ4n) is 1.25. The average molecular weight is 181 g/mol. The van der Waals surface area contributed by atoms with E-state index in [1.165, 1.54) is 0 Å². The minimum atomic E-state index is -1.08. The van der Waals surface area contributed by atoms with E-state index in [4.69, 9.17) is 0 Å². The van der Waals surface area contributed by atoms with Crippen LogP contribution >= 0.6 is 0 Å². The number of halogens is 1. The molecule has 5 heteroatoms. The first-order valence-electron chi connectivity index (χ1n) is 3.54. The van der Waals surface area contributed by atoms with Gasteiger partial charge in [-0.2, -0.15) is 0 Å². The van der Waals surface area contributed by atoms with Gasteiger partial charge in [0.05, 0.1) is 5.56 Å². The van der Waals surface area contributed by atoms with E-state index >= 15 is 0 Å². The molecule has 0 saturated heterocycles. The lowest BCUT2D eigenvalue weighted by molar-refractivity contribution is -0.680. The highest BCUT2D eigenvalue weighted by molar-refractivity contribution is 6.43. The number of carbonyl (C=O) groups excluding carboxylic acids is 2. The number of benzene rings is 1. The Labute approximate surface area is 72.2 Å². The molecule has 1 aromatic rings. The Morgan fingerprint density at radius 2 is 2.00 bits per heavy atom. The van der Waals surface area contributed by atoms with Gasteiger partial charge in [-0.25, -0.2) is 9.18 Å². The van der Waals surface area contributed by atoms with Crippen LogP contribution in [0, 0.1) is 11.0 Å². The summed E-state index contributed by atoms with van der Waals surface area (Å²) in [6.45, 7) is 0. The van der Waals surface area contributed by atoms with Crippen LogP contribution in [-0.4, -0.2) is 11.7 Å². The van der Waals surface area contributed by atoms with Crippen LogP contribution in [-0.2, 0) is 4.79 Å². The molecule has 0 aromatic heterocycles. The van der Waals surface area contributed by atoms with Crippen LogP contribution in [0.25, 0.3) is 0 Å². The molecule has 0 spiro atoms. The van der Waals surface area contributed by atoms with Gasteiger partial charge >= 0.3 is 5.91 Å². The van der Waals surface area contributed by atoms with Gasteiger partial charge in [-0.05, 0) is 12.1 Å². The summed E-state index contributed by atoms with van der Waals surface area (Å²) in [6.07, 6.45) is 0. The van der Waals surface area contributed by atoms with Crippen LogP contribution in [0.15, 0.2) is 18.2 Å². The van der Waals surface area contributed by atoms with E-state index in [1.807, 2.05) is 0 Å². The number of nitrogens with one attached hydrogen (secondary N) is 1. The van der Waals surface area contributed by atoms with E-state index < -0.39 is 22.6 Å². The molecule has 66 valence electrons. The average Bonchev–Trinajstić information content (AvgIpc) is 2.32. The molecular weight excluding hydrogens is 177 g/mol. The molecule has 2 rings (SSSR count). The lowest BCUT2D eigenvalue weighted by Gasteiger charge is -2.10. The van der Waals surface area contributed by atoms with Crippen LogP contribution < -0.4 is 5.06 Å². The summed E-state index contributed by atoms with van der Waals surface area (Å²) in [4.78, 5) is 21.9. The normalized spacial score (nSPS) is 20.6. The number of amides is 1. The summed E-state index contributed by atoms with van der Waals surface area (Å²) in [5.74, 6) is -2.63. The summed E-state index contributed by atoms with van der Waals surface area (Å²) in [6, 6.07) is 3.10. The van der Waals surface area contributed by atoms with Gasteiger partial charge in [0.2, 0.25) is 0 Å². The quantitative estimate of drug-likeness (QED) is 0.436. The molecule has 0 saturated carbocycles. The molecule has 0 fully saturated rings. The van der Waals surface area contributed by atoms with E-state index in [1.54, 1.807) is 0 Å². The fraction of sp³-hybridized carbons (Fsp3) is 0. The van der Waals surface area contributed by atoms with Crippen molar-refractivity contribution in [1.29, 1.82) is 0 Å². The van der Waals surface area contributed by atoms with Crippen LogP contribution in [0.2, 0.25) is 0 Å². The van der Waals surface area contributed by atoms with Crippen LogP contribution in [0.3, 0.4) is 0 Å². The Morgan fingerprint density at radius 1 is 1.31 bits per heavy atom. The van der Waals surface area contributed by atoms with Gasteiger partial charge in [-0.15, -0.1) is 0 Å². The first-order chi connectivity index (χ1) is 6.11. The maximum atomic E-state index is 12.6. The van der Waals surface area contributed by atoms with Crippen molar-refractivity contribution >= 4 is 17.4 Å². The first-order valence-corrected chi connectivity index (χ1v) is 3.54. The maximum absolute atomic E-state index is 12.6. The lowest BCUT2D eigenvalue weighted by atomic mass is 10.1. The first kappa shape index (κ1) is 8.03. The summed E-state index contributed by atoms with van der Waals surface area (Å²) >= 11 is 0. The monoisotopic (exact) mass is 181 g/mol. The Bertz CT molecular complexity index is 416. The van der Waals surface area contributed by atoms with E-state index in [0.29, 0.717) is 0 Å². The van der Waals surface area contributed by atoms with Gasteiger partial charge in [0.15, 0.2) is 5.69 Å². The lowest BCUT2D eigenvalue weighted by Crippen LogP contribution is -3.04. The maximum Gasteiger partial charge on any atom is 0.390 e. The molecule has 4 nitrogen and oxygen atoms in total. The molecule has 0 aliphatic carbocycles. The molecule has 0 radical (unpaired) electrons. The van der Waals surface area contributed by atoms with E-state index in [-0.39, 0.29) is 11.3 Å². The molecular formula is C8H4FNO3. The molecule has 0 bridgehead atoms. The number of carbonyl (C=O) groups is 2. The van der Waals surface area contributed by atoms with E-state index in [2.05, 4.69) is 0 Å². The molecule has 1 aromatic carbocycles. The number of hydrogen-bond donors (Lipinski definition) is 1. The van der Waals surface area contributed by atoms with Crippen molar-refractivity contribution in [3.8, 4) is 0 Å². The molecule has 1 unspecified atom stereocenters. The van der Waals surface area contributed by atoms with Crippen LogP contribution in [0.4, 0.5) is 10.1 Å². The fourth-order valence-corrected chi connectivity index (χ4v) is 1.25. The highest BCUT2D eigenvalue weighted by atomic mass is 19.1. The van der Waals surface area contributed by atoms with Crippen molar-refractivity contribution in [3.05, 3.63) is 34.8 Å². The number of quaternary nitrogens is 1. The molecule has 1 N–H and O–H groups in total. The molecule has 13 heavy (non-hydrogen) atoms. The third-order valence-electron chi connectivity index (χ3n) is 1.88. The Hall–Kier alpha value is -1.59.